The molecule has 0 saturated heterocycles. The average Bonchev–Trinajstić information content (AvgIpc) is 4.44. The van der Waals surface area contributed by atoms with Gasteiger partial charge < -0.3 is 34.2 Å². The van der Waals surface area contributed by atoms with Crippen LogP contribution in [-0.4, -0.2) is 88.9 Å². The van der Waals surface area contributed by atoms with Gasteiger partial charge in [0.05, 0.1) is 49.2 Å². The molecule has 8 bridgehead atoms. The van der Waals surface area contributed by atoms with Crippen molar-refractivity contribution in [3.63, 3.8) is 0 Å². The van der Waals surface area contributed by atoms with Gasteiger partial charge >= 0.3 is 12.1 Å². The maximum Gasteiger partial charge on any atom is 0.410 e. The van der Waals surface area contributed by atoms with Crippen LogP contribution in [0.15, 0.2) is 200 Å². The summed E-state index contributed by atoms with van der Waals surface area (Å²) in [4.78, 5) is 59.1. The lowest BCUT2D eigenvalue weighted by molar-refractivity contribution is -0.146. The molecule has 9 aromatic rings. The predicted molar refractivity (Wildman–Crippen MR) is 319 cm³/mol. The van der Waals surface area contributed by atoms with E-state index in [1.54, 1.807) is 0 Å². The van der Waals surface area contributed by atoms with Crippen LogP contribution < -0.4 is 5.32 Å². The van der Waals surface area contributed by atoms with Crippen molar-refractivity contribution >= 4 is 64.3 Å². The highest BCUT2D eigenvalue weighted by molar-refractivity contribution is 6.00. The van der Waals surface area contributed by atoms with Gasteiger partial charge in [-0.3, -0.25) is 14.5 Å². The minimum absolute atomic E-state index is 0.0569. The third kappa shape index (κ3) is 13.0. The second-order valence-electron chi connectivity index (χ2n) is 19.3. The van der Waals surface area contributed by atoms with Crippen molar-refractivity contribution in [3.05, 3.63) is 240 Å². The topological polar surface area (TPSA) is 161 Å². The quantitative estimate of drug-likeness (QED) is 0.0498. The summed E-state index contributed by atoms with van der Waals surface area (Å²) in [6, 6.07) is 65.6. The number of aromatic nitrogens is 4. The van der Waals surface area contributed by atoms with Crippen LogP contribution in [0.4, 0.5) is 4.79 Å². The molecule has 81 heavy (non-hydrogen) atoms. The summed E-state index contributed by atoms with van der Waals surface area (Å²) in [7, 11) is 0. The van der Waals surface area contributed by atoms with Gasteiger partial charge in [0.25, 0.3) is 5.91 Å². The lowest BCUT2D eigenvalue weighted by Crippen LogP contribution is -2.39. The van der Waals surface area contributed by atoms with Crippen molar-refractivity contribution in [1.29, 1.82) is 0 Å². The fraction of sp³-hybridized carbons (Fsp3) is 0.132. The fourth-order valence-corrected chi connectivity index (χ4v) is 9.84. The number of benzene rings is 6. The molecule has 0 aliphatic carbocycles. The van der Waals surface area contributed by atoms with Gasteiger partial charge in [0, 0.05) is 63.0 Å². The van der Waals surface area contributed by atoms with Crippen LogP contribution in [0.2, 0.25) is 0 Å². The number of nitrogens with zero attached hydrogens (tertiary/aromatic N) is 3. The first-order valence-electron chi connectivity index (χ1n) is 26.9. The summed E-state index contributed by atoms with van der Waals surface area (Å²) in [5.41, 5.74) is 16.6. The Morgan fingerprint density at radius 1 is 0.420 bits per heavy atom. The number of carbonyl (C=O) groups excluding carboxylic acids is 3. The summed E-state index contributed by atoms with van der Waals surface area (Å²) in [5.74, 6) is -0.811. The van der Waals surface area contributed by atoms with E-state index in [1.165, 1.54) is 4.90 Å². The molecule has 2 aliphatic heterocycles. The molecule has 0 radical (unpaired) electrons. The molecule has 0 fully saturated rings. The first kappa shape index (κ1) is 53.1. The number of ether oxygens (including phenoxy) is 4. The van der Waals surface area contributed by atoms with Gasteiger partial charge in [-0.05, 0) is 94.1 Å². The zero-order valence-corrected chi connectivity index (χ0v) is 44.4. The number of aromatic amines is 2. The van der Waals surface area contributed by atoms with Gasteiger partial charge in [-0.25, -0.2) is 14.8 Å². The molecule has 0 unspecified atom stereocenters. The normalized spacial score (nSPS) is 11.6. The first-order chi connectivity index (χ1) is 39.9. The van der Waals surface area contributed by atoms with Crippen molar-refractivity contribution in [1.82, 2.24) is 30.2 Å². The van der Waals surface area contributed by atoms with E-state index in [4.69, 9.17) is 28.9 Å². The van der Waals surface area contributed by atoms with Crippen LogP contribution in [0.1, 0.15) is 44.3 Å². The Hall–Kier alpha value is -9.95. The number of rotatable bonds is 20. The Bertz CT molecular complexity index is 3850. The van der Waals surface area contributed by atoms with Gasteiger partial charge in [0.15, 0.2) is 0 Å². The van der Waals surface area contributed by atoms with Crippen molar-refractivity contribution < 1.29 is 33.3 Å². The molecule has 13 heteroatoms. The zero-order valence-electron chi connectivity index (χ0n) is 44.4. The number of amides is 2. The number of hydrogen-bond acceptors (Lipinski definition) is 9. The summed E-state index contributed by atoms with van der Waals surface area (Å²) in [6.45, 7) is 1.06. The van der Waals surface area contributed by atoms with Crippen LogP contribution in [0, 0.1) is 0 Å². The van der Waals surface area contributed by atoms with E-state index >= 15 is 0 Å². The molecule has 13 nitrogen and oxygen atoms in total. The van der Waals surface area contributed by atoms with Crippen LogP contribution in [0.5, 0.6) is 0 Å². The summed E-state index contributed by atoms with van der Waals surface area (Å²) in [5, 5.41) is 2.96. The lowest BCUT2D eigenvalue weighted by Gasteiger charge is -2.21. The maximum atomic E-state index is 13.5. The highest BCUT2D eigenvalue weighted by atomic mass is 16.6. The summed E-state index contributed by atoms with van der Waals surface area (Å²) < 4.78 is 22.5. The second kappa shape index (κ2) is 25.7. The van der Waals surface area contributed by atoms with Gasteiger partial charge in [-0.1, -0.05) is 164 Å². The minimum atomic E-state index is -0.657. The Balaban J connectivity index is 0.793. The number of H-pyrrole nitrogens is 2. The van der Waals surface area contributed by atoms with Crippen LogP contribution >= 0.6 is 0 Å². The summed E-state index contributed by atoms with van der Waals surface area (Å²) >= 11 is 0. The fourth-order valence-electron chi connectivity index (χ4n) is 9.84. The molecule has 0 saturated carbocycles. The third-order valence-corrected chi connectivity index (χ3v) is 13.8. The van der Waals surface area contributed by atoms with Crippen molar-refractivity contribution in [2.75, 3.05) is 46.1 Å². The molecule has 0 spiro atoms. The Kier molecular flexibility index (Phi) is 16.8. The van der Waals surface area contributed by atoms with E-state index in [2.05, 4.69) is 112 Å². The molecule has 5 heterocycles. The maximum absolute atomic E-state index is 13.5. The second-order valence-corrected chi connectivity index (χ2v) is 19.3. The molecule has 6 aromatic carbocycles. The molecule has 3 N–H and O–H groups in total. The number of esters is 1. The van der Waals surface area contributed by atoms with E-state index in [0.717, 1.165) is 100 Å². The number of nitrogens with one attached hydrogen (secondary N) is 3. The van der Waals surface area contributed by atoms with Gasteiger partial charge in [-0.15, -0.1) is 0 Å². The first-order valence-corrected chi connectivity index (χ1v) is 26.9. The molecular formula is C68H58N6O7. The SMILES string of the molecule is O=C(CN(CCOCCOCCNC(=O)c1ccc(-c2c3nc(c(-c4ccccc4)c4ccc([nH]4)c(-c4ccccc4)c4nc(c(-c5ccccc5)c5ccc2[nH]5)C=C4)C=C3)cc1)C(=O)OCc1ccccc1)OCc1ccccc1. The number of carbonyl (C=O) groups is 3. The van der Waals surface area contributed by atoms with Crippen molar-refractivity contribution in [3.8, 4) is 44.5 Å². The molecule has 0 atom stereocenters. The Morgan fingerprint density at radius 3 is 1.23 bits per heavy atom. The molecule has 3 aromatic heterocycles. The van der Waals surface area contributed by atoms with Gasteiger partial charge in [0.1, 0.15) is 19.8 Å². The zero-order chi connectivity index (χ0) is 55.2. The largest absolute Gasteiger partial charge is 0.459 e. The molecule has 11 rings (SSSR count). The smallest absolute Gasteiger partial charge is 0.410 e. The molecular weight excluding hydrogens is 1010 g/mol. The molecule has 402 valence electrons. The Morgan fingerprint density at radius 2 is 0.802 bits per heavy atom. The Labute approximate surface area is 469 Å². The molecule has 2 amide bonds. The predicted octanol–water partition coefficient (Wildman–Crippen LogP) is 13.5. The lowest BCUT2D eigenvalue weighted by atomic mass is 10.0. The van der Waals surface area contributed by atoms with E-state index in [9.17, 15) is 14.4 Å². The highest BCUT2D eigenvalue weighted by Gasteiger charge is 2.22. The monoisotopic (exact) mass is 1070 g/mol. The van der Waals surface area contributed by atoms with E-state index in [0.29, 0.717) is 5.56 Å². The number of hydrogen-bond donors (Lipinski definition) is 3. The minimum Gasteiger partial charge on any atom is -0.459 e. The van der Waals surface area contributed by atoms with Crippen molar-refractivity contribution in [2.24, 2.45) is 0 Å². The van der Waals surface area contributed by atoms with Crippen molar-refractivity contribution in [2.45, 2.75) is 13.2 Å². The van der Waals surface area contributed by atoms with Crippen LogP contribution in [-0.2, 0) is 37.0 Å². The average molecular weight is 1070 g/mol. The van der Waals surface area contributed by atoms with Crippen LogP contribution in [0.3, 0.4) is 0 Å². The number of fused-ring (bicyclic) bond motifs is 8. The standard InChI is InChI=1S/C68H58N6O7/c75-62(80-45-47-16-6-1-7-17-47)44-74(68(77)81-46-48-18-8-2-9-19-48)39-41-79-43-42-78-40-38-69-67(76)53-28-26-52(27-29-53)66-60-36-34-58(72-60)64(50-22-12-4-13-23-50)56-32-30-54(70-56)63(49-20-10-3-11-21-49)55-31-33-57(71-55)65(51-24-14-5-15-25-51)59-35-37-61(66)73-59/h1-37,70,73H,38-46H2,(H,69,76). The van der Waals surface area contributed by atoms with Gasteiger partial charge in [-0.2, -0.15) is 0 Å². The van der Waals surface area contributed by atoms with Crippen LogP contribution in [0.25, 0.3) is 90.9 Å². The summed E-state index contributed by atoms with van der Waals surface area (Å²) in [6.07, 6.45) is 7.66. The third-order valence-electron chi connectivity index (χ3n) is 13.8. The van der Waals surface area contributed by atoms with E-state index in [1.807, 2.05) is 127 Å². The molecule has 2 aliphatic rings. The van der Waals surface area contributed by atoms with E-state index < -0.39 is 12.1 Å². The highest BCUT2D eigenvalue weighted by Crippen LogP contribution is 2.38. The van der Waals surface area contributed by atoms with Gasteiger partial charge in [0.2, 0.25) is 0 Å². The van der Waals surface area contributed by atoms with E-state index in [-0.39, 0.29) is 65.2 Å².